The second kappa shape index (κ2) is 3.20. The van der Waals surface area contributed by atoms with Gasteiger partial charge in [-0.25, -0.2) is 0 Å². The third-order valence-electron chi connectivity index (χ3n) is 2.61. The van der Waals surface area contributed by atoms with Crippen LogP contribution in [0, 0.1) is 17.2 Å². The van der Waals surface area contributed by atoms with Crippen LogP contribution in [0.3, 0.4) is 0 Å². The van der Waals surface area contributed by atoms with E-state index in [1.54, 1.807) is 0 Å². The van der Waals surface area contributed by atoms with E-state index in [1.165, 1.54) is 11.1 Å². The highest BCUT2D eigenvalue weighted by Crippen LogP contribution is 2.26. The van der Waals surface area contributed by atoms with Crippen LogP contribution in [-0.4, -0.2) is 11.7 Å². The molecule has 0 saturated heterocycles. The van der Waals surface area contributed by atoms with E-state index >= 15 is 0 Å². The molecule has 66 valence electrons. The Kier molecular flexibility index (Phi) is 2.03. The van der Waals surface area contributed by atoms with Crippen molar-refractivity contribution in [3.8, 4) is 6.07 Å². The van der Waals surface area contributed by atoms with Gasteiger partial charge in [0.15, 0.2) is 0 Å². The molecule has 1 aromatic carbocycles. The minimum absolute atomic E-state index is 0.247. The summed E-state index contributed by atoms with van der Waals surface area (Å²) in [6.45, 7) is 0.247. The number of fused-ring (bicyclic) bond motifs is 1. The lowest BCUT2D eigenvalue weighted by atomic mass is 10.1. The van der Waals surface area contributed by atoms with E-state index in [-0.39, 0.29) is 6.61 Å². The van der Waals surface area contributed by atoms with Crippen molar-refractivity contribution in [3.05, 3.63) is 34.9 Å². The summed E-state index contributed by atoms with van der Waals surface area (Å²) in [6, 6.07) is 7.91. The number of nitrogens with zero attached hydrogens (tertiary/aromatic N) is 1. The number of benzene rings is 1. The van der Waals surface area contributed by atoms with Crippen LogP contribution >= 0.6 is 0 Å². The minimum atomic E-state index is 0.247. The molecule has 1 aliphatic carbocycles. The maximum atomic E-state index is 9.00. The van der Waals surface area contributed by atoms with Crippen molar-refractivity contribution in [3.63, 3.8) is 0 Å². The monoisotopic (exact) mass is 173 g/mol. The number of rotatable bonds is 1. The molecule has 0 bridgehead atoms. The van der Waals surface area contributed by atoms with Crippen molar-refractivity contribution in [1.29, 1.82) is 5.26 Å². The third kappa shape index (κ3) is 1.43. The Hall–Kier alpha value is -1.33. The Balaban J connectivity index is 2.32. The Morgan fingerprint density at radius 1 is 1.38 bits per heavy atom. The zero-order valence-electron chi connectivity index (χ0n) is 7.33. The van der Waals surface area contributed by atoms with Gasteiger partial charge in [0, 0.05) is 6.61 Å². The highest BCUT2D eigenvalue weighted by molar-refractivity contribution is 5.40. The smallest absolute Gasteiger partial charge is 0.0991 e. The second-order valence-corrected chi connectivity index (χ2v) is 3.55. The van der Waals surface area contributed by atoms with E-state index in [1.807, 2.05) is 18.2 Å². The van der Waals surface area contributed by atoms with Gasteiger partial charge in [-0.3, -0.25) is 0 Å². The minimum Gasteiger partial charge on any atom is -0.396 e. The van der Waals surface area contributed by atoms with Crippen LogP contribution in [0.2, 0.25) is 0 Å². The third-order valence-corrected chi connectivity index (χ3v) is 2.61. The van der Waals surface area contributed by atoms with Gasteiger partial charge in [-0.2, -0.15) is 5.26 Å². The summed E-state index contributed by atoms with van der Waals surface area (Å²) in [5, 5.41) is 17.7. The summed E-state index contributed by atoms with van der Waals surface area (Å²) in [7, 11) is 0. The molecule has 0 amide bonds. The molecule has 2 nitrogen and oxygen atoms in total. The molecule has 1 atom stereocenters. The summed E-state index contributed by atoms with van der Waals surface area (Å²) in [4.78, 5) is 0. The topological polar surface area (TPSA) is 44.0 Å². The summed E-state index contributed by atoms with van der Waals surface area (Å²) < 4.78 is 0. The van der Waals surface area contributed by atoms with Crippen molar-refractivity contribution < 1.29 is 5.11 Å². The fourth-order valence-electron chi connectivity index (χ4n) is 1.91. The highest BCUT2D eigenvalue weighted by atomic mass is 16.3. The molecule has 0 radical (unpaired) electrons. The van der Waals surface area contributed by atoms with E-state index in [0.717, 1.165) is 18.4 Å². The van der Waals surface area contributed by atoms with Gasteiger partial charge in [0.1, 0.15) is 0 Å². The van der Waals surface area contributed by atoms with Crippen molar-refractivity contribution in [2.45, 2.75) is 12.8 Å². The molecule has 0 aromatic heterocycles. The Morgan fingerprint density at radius 2 is 2.15 bits per heavy atom. The number of aliphatic hydroxyl groups excluding tert-OH is 1. The molecular weight excluding hydrogens is 162 g/mol. The Labute approximate surface area is 77.4 Å². The Morgan fingerprint density at radius 3 is 2.85 bits per heavy atom. The molecule has 0 fully saturated rings. The van der Waals surface area contributed by atoms with Crippen LogP contribution in [0.4, 0.5) is 0 Å². The van der Waals surface area contributed by atoms with Gasteiger partial charge < -0.3 is 5.11 Å². The zero-order chi connectivity index (χ0) is 9.26. The number of hydrogen-bond acceptors (Lipinski definition) is 2. The SMILES string of the molecule is N#Cc1ccc2c(c1)C[C@@H](CO)C2. The maximum Gasteiger partial charge on any atom is 0.0991 e. The molecule has 0 saturated carbocycles. The second-order valence-electron chi connectivity index (χ2n) is 3.55. The van der Waals surface area contributed by atoms with Crippen LogP contribution < -0.4 is 0 Å². The standard InChI is InChI=1S/C11H11NO/c12-6-8-1-2-10-4-9(7-13)5-11(10)3-8/h1-3,9,13H,4-5,7H2/t9-/m0/s1. The van der Waals surface area contributed by atoms with Crippen LogP contribution in [0.15, 0.2) is 18.2 Å². The first-order valence-electron chi connectivity index (χ1n) is 4.46. The molecule has 0 unspecified atom stereocenters. The van der Waals surface area contributed by atoms with Crippen molar-refractivity contribution in [2.75, 3.05) is 6.61 Å². The van der Waals surface area contributed by atoms with Crippen molar-refractivity contribution >= 4 is 0 Å². The van der Waals surface area contributed by atoms with Gasteiger partial charge in [0.05, 0.1) is 11.6 Å². The predicted octanol–water partition coefficient (Wildman–Crippen LogP) is 1.27. The van der Waals surface area contributed by atoms with Crippen molar-refractivity contribution in [1.82, 2.24) is 0 Å². The quantitative estimate of drug-likeness (QED) is 0.695. The molecule has 0 heterocycles. The Bertz CT molecular complexity index is 365. The molecule has 1 aliphatic rings. The summed E-state index contributed by atoms with van der Waals surface area (Å²) in [5.74, 6) is 0.365. The fourth-order valence-corrected chi connectivity index (χ4v) is 1.91. The average Bonchev–Trinajstić information content (AvgIpc) is 2.58. The number of hydrogen-bond donors (Lipinski definition) is 1. The largest absolute Gasteiger partial charge is 0.396 e. The van der Waals surface area contributed by atoms with Gasteiger partial charge in [-0.1, -0.05) is 6.07 Å². The molecule has 13 heavy (non-hydrogen) atoms. The van der Waals surface area contributed by atoms with E-state index in [4.69, 9.17) is 10.4 Å². The molecular formula is C11H11NO. The zero-order valence-corrected chi connectivity index (χ0v) is 7.33. The van der Waals surface area contributed by atoms with E-state index in [9.17, 15) is 0 Å². The first kappa shape index (κ1) is 8.28. The average molecular weight is 173 g/mol. The van der Waals surface area contributed by atoms with Gasteiger partial charge in [-0.15, -0.1) is 0 Å². The fraction of sp³-hybridized carbons (Fsp3) is 0.364. The van der Waals surface area contributed by atoms with Gasteiger partial charge in [0.25, 0.3) is 0 Å². The van der Waals surface area contributed by atoms with E-state index in [0.29, 0.717) is 5.92 Å². The van der Waals surface area contributed by atoms with Crippen LogP contribution in [-0.2, 0) is 12.8 Å². The number of nitriles is 1. The first-order valence-corrected chi connectivity index (χ1v) is 4.46. The highest BCUT2D eigenvalue weighted by Gasteiger charge is 2.20. The van der Waals surface area contributed by atoms with E-state index < -0.39 is 0 Å². The normalized spacial score (nSPS) is 19.5. The molecule has 2 heteroatoms. The summed E-state index contributed by atoms with van der Waals surface area (Å²) in [6.07, 6.45) is 1.87. The lowest BCUT2D eigenvalue weighted by Gasteiger charge is -2.00. The molecule has 0 aliphatic heterocycles. The summed E-state index contributed by atoms with van der Waals surface area (Å²) in [5.41, 5.74) is 3.24. The van der Waals surface area contributed by atoms with Gasteiger partial charge >= 0.3 is 0 Å². The van der Waals surface area contributed by atoms with Crippen LogP contribution in [0.5, 0.6) is 0 Å². The lowest BCUT2D eigenvalue weighted by Crippen LogP contribution is -2.04. The van der Waals surface area contributed by atoms with Crippen LogP contribution in [0.1, 0.15) is 16.7 Å². The van der Waals surface area contributed by atoms with Crippen molar-refractivity contribution in [2.24, 2.45) is 5.92 Å². The van der Waals surface area contributed by atoms with Gasteiger partial charge in [-0.05, 0) is 42.0 Å². The summed E-state index contributed by atoms with van der Waals surface area (Å²) >= 11 is 0. The molecule has 2 rings (SSSR count). The lowest BCUT2D eigenvalue weighted by molar-refractivity contribution is 0.232. The number of aliphatic hydroxyl groups is 1. The molecule has 0 spiro atoms. The van der Waals surface area contributed by atoms with Gasteiger partial charge in [0.2, 0.25) is 0 Å². The van der Waals surface area contributed by atoms with Crippen LogP contribution in [0.25, 0.3) is 0 Å². The first-order chi connectivity index (χ1) is 6.33. The predicted molar refractivity (Wildman–Crippen MR) is 49.1 cm³/mol. The van der Waals surface area contributed by atoms with E-state index in [2.05, 4.69) is 6.07 Å². The molecule has 1 N–H and O–H groups in total. The maximum absolute atomic E-state index is 9.00. The molecule has 1 aromatic rings.